The summed E-state index contributed by atoms with van der Waals surface area (Å²) < 4.78 is 5.44. The Morgan fingerprint density at radius 1 is 1.18 bits per heavy atom. The highest BCUT2D eigenvalue weighted by atomic mass is 16.6. The van der Waals surface area contributed by atoms with Gasteiger partial charge in [0.15, 0.2) is 0 Å². The Balaban J connectivity index is 1.62. The minimum Gasteiger partial charge on any atom is -0.444 e. The Morgan fingerprint density at radius 2 is 1.82 bits per heavy atom. The lowest BCUT2D eigenvalue weighted by Crippen LogP contribution is -2.43. The average molecular weight is 385 g/mol. The second-order valence-electron chi connectivity index (χ2n) is 9.59. The van der Waals surface area contributed by atoms with E-state index in [4.69, 9.17) is 9.73 Å². The summed E-state index contributed by atoms with van der Waals surface area (Å²) >= 11 is 0. The molecule has 28 heavy (non-hydrogen) atoms. The third-order valence-electron chi connectivity index (χ3n) is 5.33. The molecule has 1 aromatic carbocycles. The lowest BCUT2D eigenvalue weighted by atomic mass is 9.83. The number of ether oxygens (including phenoxy) is 1. The van der Waals surface area contributed by atoms with Crippen molar-refractivity contribution in [3.8, 4) is 0 Å². The predicted octanol–water partition coefficient (Wildman–Crippen LogP) is 4.42. The van der Waals surface area contributed by atoms with Gasteiger partial charge < -0.3 is 9.64 Å². The highest BCUT2D eigenvalue weighted by Crippen LogP contribution is 2.29. The Morgan fingerprint density at radius 3 is 2.46 bits per heavy atom. The number of hydrogen-bond acceptors (Lipinski definition) is 4. The number of carbonyl (C=O) groups is 2. The van der Waals surface area contributed by atoms with Crippen LogP contribution in [0.5, 0.6) is 0 Å². The van der Waals surface area contributed by atoms with Crippen molar-refractivity contribution < 1.29 is 14.3 Å². The van der Waals surface area contributed by atoms with Crippen molar-refractivity contribution in [3.05, 3.63) is 35.4 Å². The molecule has 1 aromatic rings. The molecule has 2 aliphatic heterocycles. The van der Waals surface area contributed by atoms with E-state index in [0.29, 0.717) is 32.4 Å². The number of aliphatic imine (C=N–C) groups is 1. The highest BCUT2D eigenvalue weighted by molar-refractivity contribution is 6.13. The quantitative estimate of drug-likeness (QED) is 0.775. The van der Waals surface area contributed by atoms with Gasteiger partial charge in [-0.2, -0.15) is 0 Å². The van der Waals surface area contributed by atoms with Gasteiger partial charge in [0.05, 0.1) is 11.3 Å². The first kappa shape index (κ1) is 20.6. The molecule has 0 atom stereocenters. The molecule has 0 N–H and O–H groups in total. The highest BCUT2D eigenvalue weighted by Gasteiger charge is 2.32. The van der Waals surface area contributed by atoms with Crippen LogP contribution in [-0.4, -0.2) is 46.7 Å². The standard InChI is InChI=1S/C23H32N2O3/c1-22(2,3)28-21(27)25-12-10-16(11-13-25)20(26)14-19-18-9-7-6-8-17(18)15-23(4,5)24-19/h6-9,16H,10-15H2,1-5H3. The Labute approximate surface area is 168 Å². The number of Topliss-reactive ketones (excluding diaryl/α,β-unsaturated/α-hetero) is 1. The summed E-state index contributed by atoms with van der Waals surface area (Å²) in [5.74, 6) is 0.216. The maximum absolute atomic E-state index is 13.0. The predicted molar refractivity (Wildman–Crippen MR) is 111 cm³/mol. The number of hydrogen-bond donors (Lipinski definition) is 0. The fourth-order valence-corrected chi connectivity index (χ4v) is 4.04. The summed E-state index contributed by atoms with van der Waals surface area (Å²) in [6.07, 6.45) is 2.37. The summed E-state index contributed by atoms with van der Waals surface area (Å²) in [6, 6.07) is 8.26. The molecule has 1 saturated heterocycles. The summed E-state index contributed by atoms with van der Waals surface area (Å²) in [5.41, 5.74) is 2.62. The Hall–Kier alpha value is -2.17. The first-order valence-corrected chi connectivity index (χ1v) is 10.2. The van der Waals surface area contributed by atoms with E-state index < -0.39 is 5.60 Å². The van der Waals surface area contributed by atoms with E-state index in [1.54, 1.807) is 4.90 Å². The third kappa shape index (κ3) is 5.00. The minimum absolute atomic E-state index is 0.0152. The van der Waals surface area contributed by atoms with Crippen molar-refractivity contribution in [2.45, 2.75) is 71.4 Å². The van der Waals surface area contributed by atoms with Crippen LogP contribution in [0.1, 0.15) is 65.0 Å². The summed E-state index contributed by atoms with van der Waals surface area (Å²) in [5, 5.41) is 0. The molecule has 152 valence electrons. The number of benzene rings is 1. The molecule has 0 spiro atoms. The van der Waals surface area contributed by atoms with Gasteiger partial charge in [-0.3, -0.25) is 9.79 Å². The molecular formula is C23H32N2O3. The number of amides is 1. The van der Waals surface area contributed by atoms with Crippen molar-refractivity contribution in [1.82, 2.24) is 4.90 Å². The van der Waals surface area contributed by atoms with E-state index in [0.717, 1.165) is 17.7 Å². The number of nitrogens with zero attached hydrogens (tertiary/aromatic N) is 2. The van der Waals surface area contributed by atoms with Crippen LogP contribution >= 0.6 is 0 Å². The zero-order valence-electron chi connectivity index (χ0n) is 17.7. The zero-order chi connectivity index (χ0) is 20.5. The second kappa shape index (κ2) is 7.69. The minimum atomic E-state index is -0.497. The van der Waals surface area contributed by atoms with Crippen LogP contribution in [0.4, 0.5) is 4.79 Å². The monoisotopic (exact) mass is 384 g/mol. The van der Waals surface area contributed by atoms with Crippen molar-refractivity contribution in [3.63, 3.8) is 0 Å². The molecule has 3 rings (SSSR count). The van der Waals surface area contributed by atoms with E-state index in [1.807, 2.05) is 32.9 Å². The van der Waals surface area contributed by atoms with Crippen LogP contribution in [0, 0.1) is 5.92 Å². The van der Waals surface area contributed by atoms with Crippen molar-refractivity contribution in [1.29, 1.82) is 0 Å². The van der Waals surface area contributed by atoms with Gasteiger partial charge in [0.1, 0.15) is 11.4 Å². The van der Waals surface area contributed by atoms with Gasteiger partial charge >= 0.3 is 6.09 Å². The maximum Gasteiger partial charge on any atom is 0.410 e. The molecule has 0 bridgehead atoms. The van der Waals surface area contributed by atoms with Gasteiger partial charge in [-0.25, -0.2) is 4.79 Å². The van der Waals surface area contributed by atoms with Crippen LogP contribution < -0.4 is 0 Å². The van der Waals surface area contributed by atoms with E-state index in [-0.39, 0.29) is 23.3 Å². The first-order chi connectivity index (χ1) is 13.0. The van der Waals surface area contributed by atoms with E-state index in [9.17, 15) is 9.59 Å². The Kier molecular flexibility index (Phi) is 5.64. The van der Waals surface area contributed by atoms with Crippen LogP contribution in [0.15, 0.2) is 29.3 Å². The number of ketones is 1. The molecule has 0 saturated carbocycles. The maximum atomic E-state index is 13.0. The number of likely N-dealkylation sites (tertiary alicyclic amines) is 1. The van der Waals surface area contributed by atoms with E-state index in [1.165, 1.54) is 5.56 Å². The van der Waals surface area contributed by atoms with Gasteiger partial charge in [-0.05, 0) is 65.0 Å². The van der Waals surface area contributed by atoms with Gasteiger partial charge in [-0.15, -0.1) is 0 Å². The largest absolute Gasteiger partial charge is 0.444 e. The zero-order valence-corrected chi connectivity index (χ0v) is 17.7. The molecule has 2 heterocycles. The Bertz CT molecular complexity index is 781. The van der Waals surface area contributed by atoms with Crippen LogP contribution in [0.25, 0.3) is 0 Å². The SMILES string of the molecule is CC1(C)Cc2ccccc2C(CC(=O)C2CCN(C(=O)OC(C)(C)C)CC2)=N1. The summed E-state index contributed by atoms with van der Waals surface area (Å²) in [4.78, 5) is 31.8. The molecule has 1 amide bonds. The van der Waals surface area contributed by atoms with E-state index >= 15 is 0 Å². The van der Waals surface area contributed by atoms with Crippen molar-refractivity contribution in [2.75, 3.05) is 13.1 Å². The van der Waals surface area contributed by atoms with Gasteiger partial charge in [0.2, 0.25) is 0 Å². The third-order valence-corrected chi connectivity index (χ3v) is 5.33. The number of piperidine rings is 1. The topological polar surface area (TPSA) is 59.0 Å². The van der Waals surface area contributed by atoms with E-state index in [2.05, 4.69) is 26.0 Å². The van der Waals surface area contributed by atoms with Crippen LogP contribution in [0.2, 0.25) is 0 Å². The number of carbonyl (C=O) groups excluding carboxylic acids is 2. The molecule has 0 aromatic heterocycles. The summed E-state index contributed by atoms with van der Waals surface area (Å²) in [7, 11) is 0. The molecular weight excluding hydrogens is 352 g/mol. The smallest absolute Gasteiger partial charge is 0.410 e. The van der Waals surface area contributed by atoms with Crippen LogP contribution in [0.3, 0.4) is 0 Å². The number of rotatable bonds is 3. The molecule has 0 aliphatic carbocycles. The molecule has 0 unspecified atom stereocenters. The molecule has 1 fully saturated rings. The molecule has 0 radical (unpaired) electrons. The number of fused-ring (bicyclic) bond motifs is 1. The molecule has 2 aliphatic rings. The lowest BCUT2D eigenvalue weighted by Gasteiger charge is -2.33. The van der Waals surface area contributed by atoms with Gasteiger partial charge in [0, 0.05) is 25.4 Å². The van der Waals surface area contributed by atoms with Crippen molar-refractivity contribution in [2.24, 2.45) is 10.9 Å². The average Bonchev–Trinajstić information content (AvgIpc) is 2.59. The first-order valence-electron chi connectivity index (χ1n) is 10.2. The normalized spacial score (nSPS) is 19.6. The fourth-order valence-electron chi connectivity index (χ4n) is 4.04. The second-order valence-corrected chi connectivity index (χ2v) is 9.59. The summed E-state index contributed by atoms with van der Waals surface area (Å²) in [6.45, 7) is 11.0. The van der Waals surface area contributed by atoms with Gasteiger partial charge in [0.25, 0.3) is 0 Å². The van der Waals surface area contributed by atoms with Crippen LogP contribution in [-0.2, 0) is 16.0 Å². The van der Waals surface area contributed by atoms with Gasteiger partial charge in [-0.1, -0.05) is 24.3 Å². The lowest BCUT2D eigenvalue weighted by molar-refractivity contribution is -0.123. The van der Waals surface area contributed by atoms with Crippen molar-refractivity contribution >= 4 is 17.6 Å². The molecule has 5 nitrogen and oxygen atoms in total. The fraction of sp³-hybridized carbons (Fsp3) is 0.609. The molecule has 5 heteroatoms.